The molecule has 0 bridgehead atoms. The third kappa shape index (κ3) is 5.83. The highest BCUT2D eigenvalue weighted by molar-refractivity contribution is 7.90. The van der Waals surface area contributed by atoms with E-state index in [1.54, 1.807) is 4.72 Å². The van der Waals surface area contributed by atoms with E-state index in [1.165, 1.54) is 20.3 Å². The van der Waals surface area contributed by atoms with Crippen LogP contribution >= 0.6 is 0 Å². The van der Waals surface area contributed by atoms with Crippen molar-refractivity contribution in [3.63, 3.8) is 0 Å². The maximum atomic E-state index is 13.1. The Labute approximate surface area is 185 Å². The van der Waals surface area contributed by atoms with Crippen molar-refractivity contribution in [3.05, 3.63) is 47.0 Å². The van der Waals surface area contributed by atoms with Crippen LogP contribution in [-0.4, -0.2) is 41.1 Å². The molecule has 2 aromatic carbocycles. The van der Waals surface area contributed by atoms with Crippen LogP contribution in [-0.2, 0) is 21.0 Å². The molecule has 0 heterocycles. The maximum Gasteiger partial charge on any atom is 0.417 e. The number of primary amides is 1. The first-order valence-electron chi connectivity index (χ1n) is 8.69. The number of nitriles is 1. The first-order chi connectivity index (χ1) is 15.3. The summed E-state index contributed by atoms with van der Waals surface area (Å²) in [6, 6.07) is 5.12. The third-order valence-corrected chi connectivity index (χ3v) is 5.36. The van der Waals surface area contributed by atoms with Gasteiger partial charge in [-0.1, -0.05) is 0 Å². The summed E-state index contributed by atoms with van der Waals surface area (Å²) < 4.78 is 81.4. The van der Waals surface area contributed by atoms with Crippen LogP contribution in [0.3, 0.4) is 0 Å². The molecule has 0 aliphatic carbocycles. The number of hydrogen-bond acceptors (Lipinski definition) is 8. The van der Waals surface area contributed by atoms with Gasteiger partial charge in [-0.3, -0.25) is 9.59 Å². The Balaban J connectivity index is 2.43. The van der Waals surface area contributed by atoms with Crippen molar-refractivity contribution in [2.75, 3.05) is 20.8 Å². The Hall–Kier alpha value is -3.99. The molecule has 0 atom stereocenters. The monoisotopic (exact) mass is 487 g/mol. The van der Waals surface area contributed by atoms with Gasteiger partial charge < -0.3 is 19.9 Å². The van der Waals surface area contributed by atoms with Crippen molar-refractivity contribution in [1.29, 1.82) is 5.26 Å². The van der Waals surface area contributed by atoms with Gasteiger partial charge in [0.15, 0.2) is 18.1 Å². The van der Waals surface area contributed by atoms with E-state index in [0.717, 1.165) is 18.2 Å². The minimum Gasteiger partial charge on any atom is -0.493 e. The van der Waals surface area contributed by atoms with Crippen LogP contribution in [0.25, 0.3) is 0 Å². The second-order valence-electron chi connectivity index (χ2n) is 6.22. The Morgan fingerprint density at radius 3 is 2.15 bits per heavy atom. The van der Waals surface area contributed by atoms with Gasteiger partial charge >= 0.3 is 6.18 Å². The normalized spacial score (nSPS) is 11.3. The van der Waals surface area contributed by atoms with Gasteiger partial charge in [-0.25, -0.2) is 13.1 Å². The van der Waals surface area contributed by atoms with Crippen molar-refractivity contribution in [2.24, 2.45) is 5.73 Å². The van der Waals surface area contributed by atoms with E-state index < -0.39 is 50.6 Å². The largest absolute Gasteiger partial charge is 0.493 e. The van der Waals surface area contributed by atoms with Gasteiger partial charge in [-0.2, -0.15) is 18.4 Å². The molecule has 3 N–H and O–H groups in total. The minimum atomic E-state index is -5.00. The maximum absolute atomic E-state index is 13.1. The number of ether oxygens (including phenoxy) is 3. The molecule has 2 rings (SSSR count). The van der Waals surface area contributed by atoms with Crippen LogP contribution in [0.1, 0.15) is 21.5 Å². The lowest BCUT2D eigenvalue weighted by Gasteiger charge is -2.16. The predicted molar refractivity (Wildman–Crippen MR) is 105 cm³/mol. The molecule has 0 aromatic heterocycles. The molecule has 2 aromatic rings. The van der Waals surface area contributed by atoms with Crippen LogP contribution in [0.15, 0.2) is 35.2 Å². The van der Waals surface area contributed by atoms with E-state index in [9.17, 15) is 31.2 Å². The van der Waals surface area contributed by atoms with Crippen molar-refractivity contribution in [3.8, 4) is 23.3 Å². The van der Waals surface area contributed by atoms with Crippen LogP contribution < -0.4 is 24.7 Å². The fourth-order valence-corrected chi connectivity index (χ4v) is 3.56. The molecule has 0 aliphatic rings. The fraction of sp³-hybridized carbons (Fsp3) is 0.211. The number of methoxy groups -OCH3 is 2. The number of nitrogens with one attached hydrogen (secondary N) is 1. The fourth-order valence-electron chi connectivity index (χ4n) is 2.56. The molecule has 2 amide bonds. The van der Waals surface area contributed by atoms with Gasteiger partial charge in [0.2, 0.25) is 5.75 Å². The van der Waals surface area contributed by atoms with Crippen LogP contribution in [0.4, 0.5) is 13.2 Å². The van der Waals surface area contributed by atoms with Crippen LogP contribution in [0, 0.1) is 11.3 Å². The number of halogens is 3. The van der Waals surface area contributed by atoms with Crippen molar-refractivity contribution in [1.82, 2.24) is 4.72 Å². The van der Waals surface area contributed by atoms with Crippen molar-refractivity contribution in [2.45, 2.75) is 11.1 Å². The molecular formula is C19H16F3N3O7S. The number of sulfonamides is 1. The average molecular weight is 487 g/mol. The number of rotatable bonds is 8. The second-order valence-corrected chi connectivity index (χ2v) is 7.90. The molecule has 10 nitrogen and oxygen atoms in total. The van der Waals surface area contributed by atoms with Gasteiger partial charge in [0, 0.05) is 5.56 Å². The summed E-state index contributed by atoms with van der Waals surface area (Å²) in [6.45, 7) is -0.549. The first-order valence-corrected chi connectivity index (χ1v) is 10.2. The molecular weight excluding hydrogens is 471 g/mol. The molecule has 0 aliphatic heterocycles. The number of amides is 2. The summed E-state index contributed by atoms with van der Waals surface area (Å²) in [6.07, 6.45) is -5.00. The van der Waals surface area contributed by atoms with Gasteiger partial charge in [0.05, 0.1) is 36.3 Å². The van der Waals surface area contributed by atoms with E-state index >= 15 is 0 Å². The molecule has 0 saturated heterocycles. The zero-order valence-electron chi connectivity index (χ0n) is 17.0. The van der Waals surface area contributed by atoms with Crippen molar-refractivity contribution >= 4 is 21.8 Å². The molecule has 0 radical (unpaired) electrons. The number of alkyl halides is 3. The number of carbonyl (C=O) groups is 2. The molecule has 33 heavy (non-hydrogen) atoms. The quantitative estimate of drug-likeness (QED) is 0.568. The highest BCUT2D eigenvalue weighted by atomic mass is 32.2. The summed E-state index contributed by atoms with van der Waals surface area (Å²) in [5, 5.41) is 8.83. The average Bonchev–Trinajstić information content (AvgIpc) is 2.75. The van der Waals surface area contributed by atoms with Crippen LogP contribution in [0.5, 0.6) is 17.2 Å². The van der Waals surface area contributed by atoms with E-state index in [0.29, 0.717) is 6.07 Å². The molecule has 0 fully saturated rings. The summed E-state index contributed by atoms with van der Waals surface area (Å²) in [7, 11) is -2.38. The highest BCUT2D eigenvalue weighted by Crippen LogP contribution is 2.39. The van der Waals surface area contributed by atoms with Gasteiger partial charge in [0.1, 0.15) is 0 Å². The zero-order chi connectivity index (χ0) is 25.0. The second kappa shape index (κ2) is 9.65. The molecule has 176 valence electrons. The van der Waals surface area contributed by atoms with Gasteiger partial charge in [-0.05, 0) is 30.3 Å². The predicted octanol–water partition coefficient (Wildman–Crippen LogP) is 1.58. The van der Waals surface area contributed by atoms with E-state index in [4.69, 9.17) is 25.2 Å². The Bertz CT molecular complexity index is 1210. The summed E-state index contributed by atoms with van der Waals surface area (Å²) >= 11 is 0. The highest BCUT2D eigenvalue weighted by Gasteiger charge is 2.35. The standard InChI is InChI=1S/C19H16F3N3O7S/c1-30-14-5-11(6-15(31-2)17(14)32-9-16(24)26)18(27)25-33(28,29)12-4-3-10(8-23)13(7-12)19(20,21)22/h3-7H,9H2,1-2H3,(H2,24,26)(H,25,27). The van der Waals surface area contributed by atoms with Crippen LogP contribution in [0.2, 0.25) is 0 Å². The zero-order valence-corrected chi connectivity index (χ0v) is 17.8. The number of hydrogen-bond donors (Lipinski definition) is 2. The lowest BCUT2D eigenvalue weighted by Crippen LogP contribution is -2.31. The minimum absolute atomic E-state index is 0.0971. The molecule has 14 heteroatoms. The summed E-state index contributed by atoms with van der Waals surface area (Å²) in [5.74, 6) is -2.37. The number of nitrogens with zero attached hydrogens (tertiary/aromatic N) is 1. The Morgan fingerprint density at radius 2 is 1.70 bits per heavy atom. The lowest BCUT2D eigenvalue weighted by atomic mass is 10.1. The van der Waals surface area contributed by atoms with E-state index in [-0.39, 0.29) is 28.9 Å². The van der Waals surface area contributed by atoms with E-state index in [2.05, 4.69) is 0 Å². The number of nitrogens with two attached hydrogens (primary N) is 1. The SMILES string of the molecule is COc1cc(C(=O)NS(=O)(=O)c2ccc(C#N)c(C(F)(F)F)c2)cc(OC)c1OCC(N)=O. The third-order valence-electron chi connectivity index (χ3n) is 4.04. The number of benzene rings is 2. The molecule has 0 saturated carbocycles. The molecule has 0 unspecified atom stereocenters. The van der Waals surface area contributed by atoms with Gasteiger partial charge in [0.25, 0.3) is 21.8 Å². The Morgan fingerprint density at radius 1 is 1.12 bits per heavy atom. The summed E-state index contributed by atoms with van der Waals surface area (Å²) in [5.41, 5.74) is 2.44. The topological polar surface area (TPSA) is 158 Å². The number of carbonyl (C=O) groups excluding carboxylic acids is 2. The lowest BCUT2D eigenvalue weighted by molar-refractivity contribution is -0.138. The molecule has 0 spiro atoms. The van der Waals surface area contributed by atoms with E-state index in [1.807, 2.05) is 0 Å². The Kier molecular flexibility index (Phi) is 7.39. The first kappa shape index (κ1) is 25.3. The smallest absolute Gasteiger partial charge is 0.417 e. The van der Waals surface area contributed by atoms with Gasteiger partial charge in [-0.15, -0.1) is 0 Å². The summed E-state index contributed by atoms with van der Waals surface area (Å²) in [4.78, 5) is 22.6. The van der Waals surface area contributed by atoms with Crippen molar-refractivity contribution < 1.29 is 45.4 Å².